The van der Waals surface area contributed by atoms with E-state index in [-0.39, 0.29) is 11.4 Å². The third-order valence-corrected chi connectivity index (χ3v) is 4.07. The fraction of sp³-hybridized carbons (Fsp3) is 0.632. The highest BCUT2D eigenvalue weighted by Gasteiger charge is 2.29. The summed E-state index contributed by atoms with van der Waals surface area (Å²) in [7, 11) is 0. The first-order valence-corrected chi connectivity index (χ1v) is 8.14. The Kier molecular flexibility index (Phi) is 4.96. The molecule has 0 spiro atoms. The molecule has 0 aromatic heterocycles. The van der Waals surface area contributed by atoms with Crippen molar-refractivity contribution in [2.75, 3.05) is 19.7 Å². The van der Waals surface area contributed by atoms with Crippen LogP contribution < -0.4 is 0 Å². The molecule has 0 N–H and O–H groups in total. The number of hydrogen-bond acceptors (Lipinski definition) is 3. The van der Waals surface area contributed by atoms with E-state index in [0.717, 1.165) is 26.1 Å². The van der Waals surface area contributed by atoms with Gasteiger partial charge in [0.2, 0.25) is 0 Å². The molecule has 22 heavy (non-hydrogen) atoms. The molecular weight excluding hydrogens is 274 g/mol. The summed E-state index contributed by atoms with van der Waals surface area (Å²) in [6.07, 6.45) is 1.11. The largest absolute Gasteiger partial charge is 0.465 e. The highest BCUT2D eigenvalue weighted by Crippen LogP contribution is 2.25. The molecule has 1 aromatic carbocycles. The molecule has 0 fully saturated rings. The summed E-state index contributed by atoms with van der Waals surface area (Å²) in [5, 5.41) is 0. The Morgan fingerprint density at radius 1 is 1.14 bits per heavy atom. The quantitative estimate of drug-likeness (QED) is 0.795. The lowest BCUT2D eigenvalue weighted by Crippen LogP contribution is -2.41. The average molecular weight is 303 g/mol. The second kappa shape index (κ2) is 6.41. The lowest BCUT2D eigenvalue weighted by molar-refractivity contribution is -0.156. The Morgan fingerprint density at radius 2 is 1.77 bits per heavy atom. The van der Waals surface area contributed by atoms with Crippen molar-refractivity contribution in [2.45, 2.75) is 47.6 Å². The van der Waals surface area contributed by atoms with Crippen LogP contribution in [0.5, 0.6) is 0 Å². The summed E-state index contributed by atoms with van der Waals surface area (Å²) in [4.78, 5) is 14.4. The van der Waals surface area contributed by atoms with Gasteiger partial charge >= 0.3 is 5.97 Å². The van der Waals surface area contributed by atoms with Crippen molar-refractivity contribution in [1.82, 2.24) is 4.90 Å². The number of fused-ring (bicyclic) bond motifs is 1. The number of nitrogens with zero attached hydrogens (tertiary/aromatic N) is 1. The normalized spacial score (nSPS) is 16.2. The van der Waals surface area contributed by atoms with Gasteiger partial charge in [-0.1, -0.05) is 38.1 Å². The molecule has 122 valence electrons. The molecule has 0 saturated heterocycles. The zero-order chi connectivity index (χ0) is 16.4. The van der Waals surface area contributed by atoms with Crippen LogP contribution in [0.1, 0.15) is 45.7 Å². The Hall–Kier alpha value is -1.35. The molecule has 1 aliphatic rings. The summed E-state index contributed by atoms with van der Waals surface area (Å²) in [5.74, 6) is -0.121. The van der Waals surface area contributed by atoms with E-state index in [4.69, 9.17) is 4.74 Å². The Morgan fingerprint density at radius 3 is 2.41 bits per heavy atom. The number of benzene rings is 1. The van der Waals surface area contributed by atoms with E-state index in [1.165, 1.54) is 11.1 Å². The predicted molar refractivity (Wildman–Crippen MR) is 89.6 cm³/mol. The molecule has 2 rings (SSSR count). The molecule has 3 heteroatoms. The third-order valence-electron chi connectivity index (χ3n) is 4.07. The van der Waals surface area contributed by atoms with Crippen LogP contribution in [0.25, 0.3) is 0 Å². The molecule has 0 amide bonds. The second-order valence-corrected chi connectivity index (χ2v) is 8.22. The maximum atomic E-state index is 11.9. The van der Waals surface area contributed by atoms with Crippen LogP contribution in [-0.2, 0) is 22.5 Å². The SMILES string of the molecule is CC(C)(COC(=O)C(C)(C)C)CN1CCc2ccccc2C1. The minimum atomic E-state index is -0.430. The van der Waals surface area contributed by atoms with E-state index in [1.807, 2.05) is 20.8 Å². The number of ether oxygens (including phenoxy) is 1. The van der Waals surface area contributed by atoms with Gasteiger partial charge in [-0.05, 0) is 38.3 Å². The van der Waals surface area contributed by atoms with Crippen LogP contribution in [0.15, 0.2) is 24.3 Å². The van der Waals surface area contributed by atoms with Crippen LogP contribution in [0.2, 0.25) is 0 Å². The first kappa shape index (κ1) is 17.0. The average Bonchev–Trinajstić information content (AvgIpc) is 2.43. The maximum absolute atomic E-state index is 11.9. The standard InChI is InChI=1S/C19H29NO2/c1-18(2,3)17(21)22-14-19(4,5)13-20-11-10-15-8-6-7-9-16(15)12-20/h6-9H,10-14H2,1-5H3. The lowest BCUT2D eigenvalue weighted by atomic mass is 9.91. The Labute approximate surface area is 134 Å². The molecule has 1 aromatic rings. The molecular formula is C19H29NO2. The van der Waals surface area contributed by atoms with Crippen molar-refractivity contribution in [3.05, 3.63) is 35.4 Å². The maximum Gasteiger partial charge on any atom is 0.311 e. The van der Waals surface area contributed by atoms with Gasteiger partial charge in [0, 0.05) is 25.0 Å². The summed E-state index contributed by atoms with van der Waals surface area (Å²) < 4.78 is 5.52. The van der Waals surface area contributed by atoms with Gasteiger partial charge in [-0.15, -0.1) is 0 Å². The minimum Gasteiger partial charge on any atom is -0.465 e. The fourth-order valence-electron chi connectivity index (χ4n) is 2.82. The van der Waals surface area contributed by atoms with Crippen LogP contribution in [-0.4, -0.2) is 30.6 Å². The Bertz CT molecular complexity index is 528. The van der Waals surface area contributed by atoms with Gasteiger partial charge in [-0.25, -0.2) is 0 Å². The van der Waals surface area contributed by atoms with E-state index >= 15 is 0 Å². The van der Waals surface area contributed by atoms with E-state index < -0.39 is 5.41 Å². The lowest BCUT2D eigenvalue weighted by Gasteiger charge is -2.35. The van der Waals surface area contributed by atoms with E-state index in [1.54, 1.807) is 0 Å². The number of hydrogen-bond donors (Lipinski definition) is 0. The van der Waals surface area contributed by atoms with E-state index in [0.29, 0.717) is 6.61 Å². The van der Waals surface area contributed by atoms with Crippen molar-refractivity contribution in [2.24, 2.45) is 10.8 Å². The van der Waals surface area contributed by atoms with E-state index in [2.05, 4.69) is 43.0 Å². The van der Waals surface area contributed by atoms with Crippen molar-refractivity contribution in [1.29, 1.82) is 0 Å². The molecule has 0 atom stereocenters. The van der Waals surface area contributed by atoms with Crippen LogP contribution in [0, 0.1) is 10.8 Å². The topological polar surface area (TPSA) is 29.5 Å². The van der Waals surface area contributed by atoms with Gasteiger partial charge in [0.15, 0.2) is 0 Å². The van der Waals surface area contributed by atoms with Crippen molar-refractivity contribution in [3.63, 3.8) is 0 Å². The van der Waals surface area contributed by atoms with Crippen LogP contribution >= 0.6 is 0 Å². The molecule has 1 heterocycles. The summed E-state index contributed by atoms with van der Waals surface area (Å²) in [6.45, 7) is 13.5. The highest BCUT2D eigenvalue weighted by molar-refractivity contribution is 5.75. The highest BCUT2D eigenvalue weighted by atomic mass is 16.5. The summed E-state index contributed by atoms with van der Waals surface area (Å²) >= 11 is 0. The van der Waals surface area contributed by atoms with Gasteiger partial charge in [0.1, 0.15) is 0 Å². The zero-order valence-corrected chi connectivity index (χ0v) is 14.6. The van der Waals surface area contributed by atoms with Crippen molar-refractivity contribution < 1.29 is 9.53 Å². The monoisotopic (exact) mass is 303 g/mol. The summed E-state index contributed by atoms with van der Waals surface area (Å²) in [6, 6.07) is 8.67. The molecule has 0 saturated carbocycles. The van der Waals surface area contributed by atoms with E-state index in [9.17, 15) is 4.79 Å². The molecule has 0 aliphatic carbocycles. The van der Waals surface area contributed by atoms with Gasteiger partial charge in [-0.2, -0.15) is 0 Å². The minimum absolute atomic E-state index is 0.0345. The smallest absolute Gasteiger partial charge is 0.311 e. The molecule has 1 aliphatic heterocycles. The first-order chi connectivity index (χ1) is 10.2. The number of esters is 1. The van der Waals surface area contributed by atoms with Gasteiger partial charge in [-0.3, -0.25) is 9.69 Å². The predicted octanol–water partition coefficient (Wildman–Crippen LogP) is 3.66. The Balaban J connectivity index is 1.89. The number of rotatable bonds is 4. The fourth-order valence-corrected chi connectivity index (χ4v) is 2.82. The van der Waals surface area contributed by atoms with Gasteiger partial charge in [0.05, 0.1) is 12.0 Å². The first-order valence-electron chi connectivity index (χ1n) is 8.14. The van der Waals surface area contributed by atoms with Gasteiger partial charge in [0.25, 0.3) is 0 Å². The number of carbonyl (C=O) groups is 1. The van der Waals surface area contributed by atoms with Crippen molar-refractivity contribution >= 4 is 5.97 Å². The molecule has 0 bridgehead atoms. The molecule has 3 nitrogen and oxygen atoms in total. The van der Waals surface area contributed by atoms with Crippen molar-refractivity contribution in [3.8, 4) is 0 Å². The van der Waals surface area contributed by atoms with Crippen LogP contribution in [0.3, 0.4) is 0 Å². The zero-order valence-electron chi connectivity index (χ0n) is 14.6. The second-order valence-electron chi connectivity index (χ2n) is 8.22. The third kappa shape index (κ3) is 4.57. The summed E-state index contributed by atoms with van der Waals surface area (Å²) in [5.41, 5.74) is 2.43. The van der Waals surface area contributed by atoms with Gasteiger partial charge < -0.3 is 4.74 Å². The number of carbonyl (C=O) groups excluding carboxylic acids is 1. The molecule has 0 radical (unpaired) electrons. The molecule has 0 unspecified atom stereocenters. The van der Waals surface area contributed by atoms with Crippen LogP contribution in [0.4, 0.5) is 0 Å².